The van der Waals surface area contributed by atoms with Crippen LogP contribution in [-0.4, -0.2) is 22.9 Å². The molecule has 0 atom stereocenters. The normalized spacial score (nSPS) is 26.2. The summed E-state index contributed by atoms with van der Waals surface area (Å²) in [6.45, 7) is 0. The fourth-order valence-corrected chi connectivity index (χ4v) is 3.82. The summed E-state index contributed by atoms with van der Waals surface area (Å²) in [6.07, 6.45) is -0.692. The van der Waals surface area contributed by atoms with E-state index in [9.17, 15) is 14.0 Å². The molecule has 0 saturated heterocycles. The SMILES string of the molecule is O=C1c2ccccc2C(=O)N1C1(c2ccc(Br)cc2)CC(F)C1. The first kappa shape index (κ1) is 14.6. The minimum atomic E-state index is -0.997. The molecule has 2 aromatic rings. The van der Waals surface area contributed by atoms with Crippen LogP contribution in [-0.2, 0) is 5.54 Å². The van der Waals surface area contributed by atoms with E-state index in [1.165, 1.54) is 4.90 Å². The van der Waals surface area contributed by atoms with Crippen molar-refractivity contribution >= 4 is 27.7 Å². The van der Waals surface area contributed by atoms with Crippen LogP contribution < -0.4 is 0 Å². The van der Waals surface area contributed by atoms with Gasteiger partial charge in [0.05, 0.1) is 16.7 Å². The molecule has 5 heteroatoms. The molecule has 116 valence electrons. The summed E-state index contributed by atoms with van der Waals surface area (Å²) in [7, 11) is 0. The number of carbonyl (C=O) groups is 2. The molecule has 23 heavy (non-hydrogen) atoms. The van der Waals surface area contributed by atoms with Crippen molar-refractivity contribution in [3.8, 4) is 0 Å². The van der Waals surface area contributed by atoms with E-state index in [0.717, 1.165) is 10.0 Å². The third kappa shape index (κ3) is 1.99. The van der Waals surface area contributed by atoms with Gasteiger partial charge in [0.25, 0.3) is 11.8 Å². The molecule has 1 heterocycles. The lowest BCUT2D eigenvalue weighted by molar-refractivity contribution is -0.0172. The van der Waals surface area contributed by atoms with Gasteiger partial charge in [0.15, 0.2) is 0 Å². The van der Waals surface area contributed by atoms with Gasteiger partial charge in [-0.15, -0.1) is 0 Å². The predicted molar refractivity (Wildman–Crippen MR) is 86.9 cm³/mol. The molecule has 2 amide bonds. The molecule has 0 unspecified atom stereocenters. The first-order valence-electron chi connectivity index (χ1n) is 7.41. The Morgan fingerprint density at radius 3 is 1.96 bits per heavy atom. The number of imide groups is 1. The van der Waals surface area contributed by atoms with E-state index in [-0.39, 0.29) is 24.7 Å². The van der Waals surface area contributed by atoms with Gasteiger partial charge in [-0.3, -0.25) is 14.5 Å². The Morgan fingerprint density at radius 2 is 1.48 bits per heavy atom. The number of rotatable bonds is 2. The van der Waals surface area contributed by atoms with Gasteiger partial charge < -0.3 is 0 Å². The second-order valence-corrected chi connectivity index (χ2v) is 6.95. The lowest BCUT2D eigenvalue weighted by Gasteiger charge is -2.49. The minimum Gasteiger partial charge on any atom is -0.269 e. The summed E-state index contributed by atoms with van der Waals surface area (Å²) in [6, 6.07) is 14.2. The molecule has 1 fully saturated rings. The Balaban J connectivity index is 1.82. The topological polar surface area (TPSA) is 37.4 Å². The van der Waals surface area contributed by atoms with Crippen LogP contribution in [0.5, 0.6) is 0 Å². The Labute approximate surface area is 141 Å². The van der Waals surface area contributed by atoms with E-state index in [4.69, 9.17) is 0 Å². The van der Waals surface area contributed by atoms with E-state index in [0.29, 0.717) is 11.1 Å². The van der Waals surface area contributed by atoms with Gasteiger partial charge in [-0.1, -0.05) is 40.2 Å². The average Bonchev–Trinajstić information content (AvgIpc) is 2.77. The van der Waals surface area contributed by atoms with Gasteiger partial charge in [-0.2, -0.15) is 0 Å². The van der Waals surface area contributed by atoms with Crippen LogP contribution in [0.3, 0.4) is 0 Å². The van der Waals surface area contributed by atoms with Crippen molar-refractivity contribution in [2.75, 3.05) is 0 Å². The highest BCUT2D eigenvalue weighted by Crippen LogP contribution is 2.50. The number of fused-ring (bicyclic) bond motifs is 1. The van der Waals surface area contributed by atoms with E-state index in [1.54, 1.807) is 24.3 Å². The monoisotopic (exact) mass is 373 g/mol. The molecule has 1 saturated carbocycles. The van der Waals surface area contributed by atoms with Gasteiger partial charge in [0.1, 0.15) is 6.17 Å². The van der Waals surface area contributed by atoms with E-state index < -0.39 is 11.7 Å². The van der Waals surface area contributed by atoms with Crippen molar-refractivity contribution in [3.05, 3.63) is 69.7 Å². The van der Waals surface area contributed by atoms with E-state index in [2.05, 4.69) is 15.9 Å². The fourth-order valence-electron chi connectivity index (χ4n) is 3.56. The smallest absolute Gasteiger partial charge is 0.262 e. The van der Waals surface area contributed by atoms with Crippen LogP contribution in [0.25, 0.3) is 0 Å². The van der Waals surface area contributed by atoms with Crippen molar-refractivity contribution in [3.63, 3.8) is 0 Å². The molecule has 0 aromatic heterocycles. The Bertz CT molecular complexity index is 777. The highest BCUT2D eigenvalue weighted by molar-refractivity contribution is 9.10. The lowest BCUT2D eigenvalue weighted by Crippen LogP contribution is -2.58. The molecule has 1 aliphatic heterocycles. The van der Waals surface area contributed by atoms with Crippen LogP contribution in [0.1, 0.15) is 39.1 Å². The van der Waals surface area contributed by atoms with Crippen molar-refractivity contribution in [2.24, 2.45) is 0 Å². The lowest BCUT2D eigenvalue weighted by atomic mass is 9.69. The van der Waals surface area contributed by atoms with Crippen LogP contribution in [0, 0.1) is 0 Å². The van der Waals surface area contributed by atoms with Crippen LogP contribution in [0.2, 0.25) is 0 Å². The van der Waals surface area contributed by atoms with Gasteiger partial charge in [-0.25, -0.2) is 4.39 Å². The summed E-state index contributed by atoms with van der Waals surface area (Å²) in [5.74, 6) is -0.666. The minimum absolute atomic E-state index is 0.153. The predicted octanol–water partition coefficient (Wildman–Crippen LogP) is 4.07. The maximum atomic E-state index is 13.8. The number of hydrogen-bond donors (Lipinski definition) is 0. The summed E-state index contributed by atoms with van der Waals surface area (Å²) in [5.41, 5.74) is 0.713. The molecule has 3 nitrogen and oxygen atoms in total. The van der Waals surface area contributed by atoms with Gasteiger partial charge >= 0.3 is 0 Å². The molecule has 4 rings (SSSR count). The zero-order valence-electron chi connectivity index (χ0n) is 12.1. The first-order valence-corrected chi connectivity index (χ1v) is 8.20. The Kier molecular flexibility index (Phi) is 3.17. The Hall–Kier alpha value is -2.01. The highest BCUT2D eigenvalue weighted by Gasteiger charge is 2.57. The van der Waals surface area contributed by atoms with Crippen molar-refractivity contribution < 1.29 is 14.0 Å². The third-order valence-electron chi connectivity index (χ3n) is 4.72. The number of hydrogen-bond acceptors (Lipinski definition) is 2. The molecule has 0 N–H and O–H groups in total. The number of carbonyl (C=O) groups excluding carboxylic acids is 2. The maximum Gasteiger partial charge on any atom is 0.262 e. The number of nitrogens with zero attached hydrogens (tertiary/aromatic N) is 1. The van der Waals surface area contributed by atoms with Crippen LogP contribution >= 0.6 is 15.9 Å². The first-order chi connectivity index (χ1) is 11.0. The number of amides is 2. The molecule has 0 radical (unpaired) electrons. The summed E-state index contributed by atoms with van der Waals surface area (Å²) in [5, 5.41) is 0. The molecule has 2 aliphatic rings. The third-order valence-corrected chi connectivity index (χ3v) is 5.25. The molecular formula is C18H13BrFNO2. The molecule has 1 aliphatic carbocycles. The zero-order chi connectivity index (χ0) is 16.2. The second-order valence-electron chi connectivity index (χ2n) is 6.04. The van der Waals surface area contributed by atoms with Crippen LogP contribution in [0.4, 0.5) is 4.39 Å². The molecule has 0 spiro atoms. The van der Waals surface area contributed by atoms with Gasteiger partial charge in [0, 0.05) is 17.3 Å². The highest BCUT2D eigenvalue weighted by atomic mass is 79.9. The summed E-state index contributed by atoms with van der Waals surface area (Å²) < 4.78 is 14.7. The fraction of sp³-hybridized carbons (Fsp3) is 0.222. The quantitative estimate of drug-likeness (QED) is 0.744. The van der Waals surface area contributed by atoms with Crippen molar-refractivity contribution in [1.82, 2.24) is 4.90 Å². The largest absolute Gasteiger partial charge is 0.269 e. The average molecular weight is 374 g/mol. The van der Waals surface area contributed by atoms with Gasteiger partial charge in [-0.05, 0) is 29.8 Å². The number of alkyl halides is 1. The molecule has 2 aromatic carbocycles. The van der Waals surface area contributed by atoms with Crippen LogP contribution in [0.15, 0.2) is 53.0 Å². The van der Waals surface area contributed by atoms with E-state index in [1.807, 2.05) is 24.3 Å². The zero-order valence-corrected chi connectivity index (χ0v) is 13.7. The molecular weight excluding hydrogens is 361 g/mol. The summed E-state index contributed by atoms with van der Waals surface area (Å²) in [4.78, 5) is 26.8. The van der Waals surface area contributed by atoms with E-state index >= 15 is 0 Å². The summed E-state index contributed by atoms with van der Waals surface area (Å²) >= 11 is 3.37. The van der Waals surface area contributed by atoms with Crippen molar-refractivity contribution in [1.29, 1.82) is 0 Å². The number of halogens is 2. The second kappa shape index (κ2) is 4.99. The Morgan fingerprint density at radius 1 is 0.957 bits per heavy atom. The standard InChI is InChI=1S/C18H13BrFNO2/c19-12-7-5-11(6-8-12)18(9-13(20)10-18)21-16(22)14-3-1-2-4-15(14)17(21)23/h1-8,13H,9-10H2. The molecule has 0 bridgehead atoms. The van der Waals surface area contributed by atoms with Crippen molar-refractivity contribution in [2.45, 2.75) is 24.6 Å². The number of benzene rings is 2. The van der Waals surface area contributed by atoms with Gasteiger partial charge in [0.2, 0.25) is 0 Å². The maximum absolute atomic E-state index is 13.8.